The molecule has 1 fully saturated rings. The fourth-order valence-corrected chi connectivity index (χ4v) is 4.65. The Labute approximate surface area is 187 Å². The van der Waals surface area contributed by atoms with E-state index in [1.165, 1.54) is 23.4 Å². The van der Waals surface area contributed by atoms with Crippen molar-refractivity contribution < 1.29 is 14.3 Å². The molecule has 6 nitrogen and oxygen atoms in total. The highest BCUT2D eigenvalue weighted by molar-refractivity contribution is 8.00. The van der Waals surface area contributed by atoms with Gasteiger partial charge in [0.25, 0.3) is 0 Å². The number of carbonyl (C=O) groups is 2. The van der Waals surface area contributed by atoms with Gasteiger partial charge in [-0.05, 0) is 50.7 Å². The van der Waals surface area contributed by atoms with Crippen LogP contribution in [0.1, 0.15) is 46.9 Å². The van der Waals surface area contributed by atoms with Crippen molar-refractivity contribution in [2.75, 3.05) is 25.4 Å². The van der Waals surface area contributed by atoms with Crippen molar-refractivity contribution in [3.8, 4) is 6.07 Å². The van der Waals surface area contributed by atoms with Gasteiger partial charge in [0.05, 0.1) is 29.2 Å². The molecule has 1 aromatic heterocycles. The average Bonchev–Trinajstić information content (AvgIpc) is 2.78. The normalized spacial score (nSPS) is 14.2. The van der Waals surface area contributed by atoms with Gasteiger partial charge in [0.1, 0.15) is 11.1 Å². The predicted octanol–water partition coefficient (Wildman–Crippen LogP) is 4.01. The molecule has 0 aliphatic carbocycles. The van der Waals surface area contributed by atoms with Crippen molar-refractivity contribution in [1.29, 1.82) is 5.26 Å². The van der Waals surface area contributed by atoms with E-state index in [9.17, 15) is 14.9 Å². The number of carbonyl (C=O) groups excluding carboxylic acids is 2. The van der Waals surface area contributed by atoms with Gasteiger partial charge in [0, 0.05) is 13.1 Å². The van der Waals surface area contributed by atoms with Crippen molar-refractivity contribution in [3.05, 3.63) is 58.8 Å². The number of amides is 1. The van der Waals surface area contributed by atoms with Gasteiger partial charge < -0.3 is 9.64 Å². The molecule has 162 valence electrons. The van der Waals surface area contributed by atoms with Crippen LogP contribution >= 0.6 is 11.8 Å². The number of pyridine rings is 1. The molecule has 0 N–H and O–H groups in total. The number of aromatic nitrogens is 1. The molecular formula is C24H27N3O3S. The third kappa shape index (κ3) is 6.08. The Bertz CT molecular complexity index is 964. The number of hydrogen-bond donors (Lipinski definition) is 0. The van der Waals surface area contributed by atoms with Crippen LogP contribution in [0.5, 0.6) is 0 Å². The van der Waals surface area contributed by atoms with Gasteiger partial charge in [0.15, 0.2) is 0 Å². The lowest BCUT2D eigenvalue weighted by Gasteiger charge is -2.32. The van der Waals surface area contributed by atoms with E-state index in [4.69, 9.17) is 4.74 Å². The summed E-state index contributed by atoms with van der Waals surface area (Å²) in [4.78, 5) is 31.0. The monoisotopic (exact) mass is 437 g/mol. The van der Waals surface area contributed by atoms with Crippen LogP contribution in [0, 0.1) is 24.2 Å². The van der Waals surface area contributed by atoms with Crippen molar-refractivity contribution >= 4 is 23.6 Å². The van der Waals surface area contributed by atoms with Gasteiger partial charge >= 0.3 is 5.97 Å². The largest absolute Gasteiger partial charge is 0.462 e. The first-order valence-corrected chi connectivity index (χ1v) is 11.5. The summed E-state index contributed by atoms with van der Waals surface area (Å²) in [5.41, 5.74) is 2.41. The molecule has 1 aliphatic rings. The van der Waals surface area contributed by atoms with Gasteiger partial charge in [-0.2, -0.15) is 5.26 Å². The van der Waals surface area contributed by atoms with Crippen LogP contribution in [-0.4, -0.2) is 47.2 Å². The van der Waals surface area contributed by atoms with Crippen LogP contribution < -0.4 is 0 Å². The molecule has 0 spiro atoms. The van der Waals surface area contributed by atoms with E-state index in [2.05, 4.69) is 35.3 Å². The van der Waals surface area contributed by atoms with Gasteiger partial charge in [-0.1, -0.05) is 42.1 Å². The topological polar surface area (TPSA) is 83.3 Å². The molecular weight excluding hydrogens is 410 g/mol. The fraction of sp³-hybridized carbons (Fsp3) is 0.417. The summed E-state index contributed by atoms with van der Waals surface area (Å²) in [5, 5.41) is 9.93. The lowest BCUT2D eigenvalue weighted by molar-refractivity contribution is -0.129. The second-order valence-corrected chi connectivity index (χ2v) is 8.57. The van der Waals surface area contributed by atoms with Crippen molar-refractivity contribution in [1.82, 2.24) is 9.88 Å². The number of rotatable bonds is 7. The smallest absolute Gasteiger partial charge is 0.340 e. The standard InChI is InChI=1S/C24H27N3O3S/c1-3-30-24(29)21-14-20(15-25)23(26-17(21)2)31-16-22(28)27-11-9-19(10-12-27)13-18-7-5-4-6-8-18/h4-8,14,19H,3,9-13,16H2,1-2H3. The molecule has 1 saturated heterocycles. The van der Waals surface area contributed by atoms with Crippen LogP contribution in [0.15, 0.2) is 41.4 Å². The first kappa shape index (κ1) is 22.8. The Morgan fingerprint density at radius 1 is 1.26 bits per heavy atom. The number of benzene rings is 1. The van der Waals surface area contributed by atoms with Gasteiger partial charge in [-0.25, -0.2) is 9.78 Å². The van der Waals surface area contributed by atoms with Crippen LogP contribution in [0.3, 0.4) is 0 Å². The maximum Gasteiger partial charge on any atom is 0.340 e. The maximum atomic E-state index is 12.7. The molecule has 1 amide bonds. The molecule has 31 heavy (non-hydrogen) atoms. The van der Waals surface area contributed by atoms with E-state index in [0.717, 1.165) is 32.4 Å². The van der Waals surface area contributed by atoms with Crippen LogP contribution in [0.4, 0.5) is 0 Å². The van der Waals surface area contributed by atoms with Crippen LogP contribution in [0.2, 0.25) is 0 Å². The highest BCUT2D eigenvalue weighted by atomic mass is 32.2. The van der Waals surface area contributed by atoms with E-state index in [1.54, 1.807) is 13.8 Å². The molecule has 0 bridgehead atoms. The lowest BCUT2D eigenvalue weighted by Crippen LogP contribution is -2.39. The Hall–Kier alpha value is -2.85. The first-order chi connectivity index (χ1) is 15.0. The molecule has 3 rings (SSSR count). The Balaban J connectivity index is 1.54. The highest BCUT2D eigenvalue weighted by Gasteiger charge is 2.24. The molecule has 2 heterocycles. The maximum absolute atomic E-state index is 12.7. The Kier molecular flexibility index (Phi) is 8.07. The Morgan fingerprint density at radius 3 is 2.61 bits per heavy atom. The number of piperidine rings is 1. The minimum Gasteiger partial charge on any atom is -0.462 e. The zero-order chi connectivity index (χ0) is 22.2. The fourth-order valence-electron chi connectivity index (χ4n) is 3.74. The van der Waals surface area contributed by atoms with E-state index >= 15 is 0 Å². The van der Waals surface area contributed by atoms with E-state index < -0.39 is 5.97 Å². The van der Waals surface area contributed by atoms with Crippen molar-refractivity contribution in [2.45, 2.75) is 38.1 Å². The number of nitrogens with zero attached hydrogens (tertiary/aromatic N) is 3. The summed E-state index contributed by atoms with van der Waals surface area (Å²) in [6.45, 7) is 5.21. The van der Waals surface area contributed by atoms with Crippen molar-refractivity contribution in [2.24, 2.45) is 5.92 Å². The summed E-state index contributed by atoms with van der Waals surface area (Å²) in [5.74, 6) is 0.392. The molecule has 1 aliphatic heterocycles. The third-order valence-corrected chi connectivity index (χ3v) is 6.44. The summed E-state index contributed by atoms with van der Waals surface area (Å²) in [7, 11) is 0. The molecule has 0 saturated carbocycles. The molecule has 0 radical (unpaired) electrons. The number of aryl methyl sites for hydroxylation is 1. The zero-order valence-electron chi connectivity index (χ0n) is 18.0. The summed E-state index contributed by atoms with van der Waals surface area (Å²) in [6.07, 6.45) is 3.06. The number of likely N-dealkylation sites (tertiary alicyclic amines) is 1. The predicted molar refractivity (Wildman–Crippen MR) is 120 cm³/mol. The quantitative estimate of drug-likeness (QED) is 0.481. The van der Waals surface area contributed by atoms with Crippen LogP contribution in [0.25, 0.3) is 0 Å². The van der Waals surface area contributed by atoms with E-state index in [1.807, 2.05) is 11.0 Å². The second kappa shape index (κ2) is 11.0. The molecule has 0 atom stereocenters. The average molecular weight is 438 g/mol. The van der Waals surface area contributed by atoms with Crippen LogP contribution in [-0.2, 0) is 16.0 Å². The highest BCUT2D eigenvalue weighted by Crippen LogP contribution is 2.26. The lowest BCUT2D eigenvalue weighted by atomic mass is 9.90. The molecule has 0 unspecified atom stereocenters. The summed E-state index contributed by atoms with van der Waals surface area (Å²) in [6, 6.07) is 14.0. The summed E-state index contributed by atoms with van der Waals surface area (Å²) < 4.78 is 5.02. The van der Waals surface area contributed by atoms with Gasteiger partial charge in [0.2, 0.25) is 5.91 Å². The Morgan fingerprint density at radius 2 is 1.97 bits per heavy atom. The number of thioether (sulfide) groups is 1. The molecule has 1 aromatic carbocycles. The minimum absolute atomic E-state index is 0.0565. The number of nitriles is 1. The SMILES string of the molecule is CCOC(=O)c1cc(C#N)c(SCC(=O)N2CCC(Cc3ccccc3)CC2)nc1C. The third-order valence-electron chi connectivity index (χ3n) is 5.46. The number of hydrogen-bond acceptors (Lipinski definition) is 6. The number of esters is 1. The first-order valence-electron chi connectivity index (χ1n) is 10.5. The van der Waals surface area contributed by atoms with E-state index in [-0.39, 0.29) is 29.4 Å². The van der Waals surface area contributed by atoms with Crippen molar-refractivity contribution in [3.63, 3.8) is 0 Å². The van der Waals surface area contributed by atoms with Gasteiger partial charge in [-0.3, -0.25) is 4.79 Å². The number of ether oxygens (including phenoxy) is 1. The van der Waals surface area contributed by atoms with E-state index in [0.29, 0.717) is 16.6 Å². The second-order valence-electron chi connectivity index (χ2n) is 7.61. The zero-order valence-corrected chi connectivity index (χ0v) is 18.8. The molecule has 2 aromatic rings. The van der Waals surface area contributed by atoms with Gasteiger partial charge in [-0.15, -0.1) is 0 Å². The minimum atomic E-state index is -0.491. The summed E-state index contributed by atoms with van der Waals surface area (Å²) >= 11 is 1.25. The molecule has 7 heteroatoms.